The van der Waals surface area contributed by atoms with Crippen molar-refractivity contribution in [2.24, 2.45) is 5.73 Å². The summed E-state index contributed by atoms with van der Waals surface area (Å²) in [4.78, 5) is 12.3. The van der Waals surface area contributed by atoms with E-state index in [4.69, 9.17) is 17.3 Å². The molecule has 3 aromatic rings. The second-order valence-corrected chi connectivity index (χ2v) is 11.5. The molecule has 1 aromatic heterocycles. The Labute approximate surface area is 209 Å². The molecule has 0 fully saturated rings. The highest BCUT2D eigenvalue weighted by Gasteiger charge is 2.38. The van der Waals surface area contributed by atoms with Crippen molar-refractivity contribution in [3.8, 4) is 11.3 Å². The van der Waals surface area contributed by atoms with E-state index in [0.717, 1.165) is 35.8 Å². The molecule has 180 valence electrons. The van der Waals surface area contributed by atoms with Crippen LogP contribution in [0.3, 0.4) is 0 Å². The number of primary amides is 1. The molecule has 34 heavy (non-hydrogen) atoms. The molecule has 0 aliphatic heterocycles. The van der Waals surface area contributed by atoms with Crippen molar-refractivity contribution in [3.63, 3.8) is 0 Å². The van der Waals surface area contributed by atoms with Gasteiger partial charge in [0, 0.05) is 28.5 Å². The van der Waals surface area contributed by atoms with Crippen LogP contribution in [0.15, 0.2) is 42.5 Å². The maximum Gasteiger partial charge on any atom is 0.250 e. The summed E-state index contributed by atoms with van der Waals surface area (Å²) in [6, 6.07) is 14.8. The van der Waals surface area contributed by atoms with Gasteiger partial charge in [-0.15, -0.1) is 0 Å². The van der Waals surface area contributed by atoms with Crippen molar-refractivity contribution in [3.05, 3.63) is 81.0 Å². The average Bonchev–Trinajstić information content (AvgIpc) is 3.12. The first-order chi connectivity index (χ1) is 15.9. The lowest BCUT2D eigenvalue weighted by Crippen LogP contribution is -2.34. The Balaban J connectivity index is 1.87. The molecule has 3 nitrogen and oxygen atoms in total. The molecule has 0 saturated carbocycles. The van der Waals surface area contributed by atoms with Gasteiger partial charge in [0.15, 0.2) is 0 Å². The summed E-state index contributed by atoms with van der Waals surface area (Å²) in [5.74, 6) is -0.374. The van der Waals surface area contributed by atoms with E-state index < -0.39 is 0 Å². The monoisotopic (exact) mass is 476 g/mol. The number of aromatic nitrogens is 1. The third-order valence-electron chi connectivity index (χ3n) is 7.90. The second kappa shape index (κ2) is 8.92. The minimum absolute atomic E-state index is 0.119. The lowest BCUT2D eigenvalue weighted by Gasteiger charge is -2.42. The van der Waals surface area contributed by atoms with E-state index in [1.54, 1.807) is 0 Å². The van der Waals surface area contributed by atoms with Gasteiger partial charge in [0.1, 0.15) is 0 Å². The predicted octanol–water partition coefficient (Wildman–Crippen LogP) is 7.37. The fourth-order valence-corrected chi connectivity index (χ4v) is 5.61. The summed E-state index contributed by atoms with van der Waals surface area (Å²) in [7, 11) is 0. The zero-order valence-electron chi connectivity index (χ0n) is 21.4. The highest BCUT2D eigenvalue weighted by molar-refractivity contribution is 6.30. The van der Waals surface area contributed by atoms with Gasteiger partial charge in [-0.2, -0.15) is 0 Å². The summed E-state index contributed by atoms with van der Waals surface area (Å²) in [5.41, 5.74) is 15.3. The van der Waals surface area contributed by atoms with Crippen LogP contribution in [0, 0.1) is 6.92 Å². The third-order valence-corrected chi connectivity index (χ3v) is 8.15. The van der Waals surface area contributed by atoms with Gasteiger partial charge in [0.05, 0.1) is 5.56 Å². The highest BCUT2D eigenvalue weighted by Crippen LogP contribution is 2.48. The van der Waals surface area contributed by atoms with Gasteiger partial charge in [-0.25, -0.2) is 0 Å². The number of nitrogens with zero attached hydrogens (tertiary/aromatic N) is 1. The van der Waals surface area contributed by atoms with Gasteiger partial charge in [-0.05, 0) is 90.0 Å². The molecular formula is C30H37ClN2O. The van der Waals surface area contributed by atoms with Crippen LogP contribution in [0.25, 0.3) is 11.3 Å². The van der Waals surface area contributed by atoms with E-state index in [-0.39, 0.29) is 16.7 Å². The molecule has 4 heteroatoms. The summed E-state index contributed by atoms with van der Waals surface area (Å²) in [6.07, 6.45) is 4.15. The second-order valence-electron chi connectivity index (χ2n) is 11.1. The Hall–Kier alpha value is -2.52. The van der Waals surface area contributed by atoms with Crippen LogP contribution in [-0.2, 0) is 30.2 Å². The molecule has 4 rings (SSSR count). The van der Waals surface area contributed by atoms with Crippen molar-refractivity contribution >= 4 is 17.5 Å². The van der Waals surface area contributed by atoms with Gasteiger partial charge in [-0.1, -0.05) is 64.4 Å². The number of hydrogen-bond acceptors (Lipinski definition) is 1. The average molecular weight is 477 g/mol. The van der Waals surface area contributed by atoms with E-state index in [0.29, 0.717) is 5.56 Å². The number of halogens is 1. The Bertz CT molecular complexity index is 1230. The fourth-order valence-electron chi connectivity index (χ4n) is 5.49. The van der Waals surface area contributed by atoms with E-state index >= 15 is 0 Å². The number of amides is 1. The van der Waals surface area contributed by atoms with Crippen LogP contribution in [0.1, 0.15) is 85.8 Å². The van der Waals surface area contributed by atoms with Crippen LogP contribution < -0.4 is 5.73 Å². The van der Waals surface area contributed by atoms with Crippen molar-refractivity contribution in [1.82, 2.24) is 4.57 Å². The molecule has 0 radical (unpaired) electrons. The zero-order valence-corrected chi connectivity index (χ0v) is 22.1. The van der Waals surface area contributed by atoms with E-state index in [9.17, 15) is 4.79 Å². The number of nitrogens with two attached hydrogens (primary N) is 1. The smallest absolute Gasteiger partial charge is 0.250 e. The van der Waals surface area contributed by atoms with E-state index in [2.05, 4.69) is 63.5 Å². The number of hydrogen-bond donors (Lipinski definition) is 1. The van der Waals surface area contributed by atoms with E-state index in [1.807, 2.05) is 25.1 Å². The first kappa shape index (κ1) is 24.6. The number of carbonyl (C=O) groups is 1. The van der Waals surface area contributed by atoms with Crippen molar-refractivity contribution in [2.75, 3.05) is 0 Å². The number of aryl methyl sites for hydroxylation is 2. The van der Waals surface area contributed by atoms with Gasteiger partial charge in [0.2, 0.25) is 0 Å². The predicted molar refractivity (Wildman–Crippen MR) is 143 cm³/mol. The maximum absolute atomic E-state index is 12.3. The number of benzene rings is 2. The summed E-state index contributed by atoms with van der Waals surface area (Å²) >= 11 is 6.08. The highest BCUT2D eigenvalue weighted by atomic mass is 35.5. The Kier molecular flexibility index (Phi) is 6.46. The summed E-state index contributed by atoms with van der Waals surface area (Å²) in [6.45, 7) is 14.4. The largest absolute Gasteiger partial charge is 0.366 e. The molecular weight excluding hydrogens is 440 g/mol. The van der Waals surface area contributed by atoms with Crippen molar-refractivity contribution in [2.45, 2.75) is 84.6 Å². The number of fused-ring (bicyclic) bond motifs is 1. The topological polar surface area (TPSA) is 48.0 Å². The number of rotatable bonds is 6. The van der Waals surface area contributed by atoms with Gasteiger partial charge < -0.3 is 10.3 Å². The molecule has 0 unspecified atom stereocenters. The molecule has 1 amide bonds. The van der Waals surface area contributed by atoms with Crippen LogP contribution >= 0.6 is 11.6 Å². The Morgan fingerprint density at radius 1 is 1.00 bits per heavy atom. The van der Waals surface area contributed by atoms with Crippen LogP contribution in [-0.4, -0.2) is 10.5 Å². The molecule has 0 spiro atoms. The number of carbonyl (C=O) groups excluding carboxylic acids is 1. The van der Waals surface area contributed by atoms with Crippen LogP contribution in [0.4, 0.5) is 0 Å². The normalized spacial score (nSPS) is 16.3. The first-order valence-electron chi connectivity index (χ1n) is 12.4. The first-order valence-corrected chi connectivity index (χ1v) is 12.7. The van der Waals surface area contributed by atoms with E-state index in [1.165, 1.54) is 40.7 Å². The molecule has 2 aromatic carbocycles. The molecule has 2 N–H and O–H groups in total. The molecule has 1 aliphatic carbocycles. The van der Waals surface area contributed by atoms with Gasteiger partial charge in [-0.3, -0.25) is 4.79 Å². The molecule has 1 heterocycles. The Morgan fingerprint density at radius 3 is 2.15 bits per heavy atom. The lowest BCUT2D eigenvalue weighted by atomic mass is 9.62. The molecule has 0 saturated heterocycles. The van der Waals surface area contributed by atoms with Crippen LogP contribution in [0.5, 0.6) is 0 Å². The zero-order chi connectivity index (χ0) is 24.8. The molecule has 0 atom stereocenters. The summed E-state index contributed by atoms with van der Waals surface area (Å²) in [5, 5.41) is 0.741. The van der Waals surface area contributed by atoms with Gasteiger partial charge >= 0.3 is 0 Å². The standard InChI is InChI=1S/C30H37ClN2O/c1-7-21-16-25-26(30(5,6)14-13-29(25,3)4)17-24(21)27-18-23(28(32)34)19(2)33(27)15-12-20-8-10-22(31)11-9-20/h8-11,16-18H,7,12-15H2,1-6H3,(H2,32,34). The van der Waals surface area contributed by atoms with Crippen molar-refractivity contribution < 1.29 is 4.79 Å². The van der Waals surface area contributed by atoms with Gasteiger partial charge in [0.25, 0.3) is 5.91 Å². The lowest BCUT2D eigenvalue weighted by molar-refractivity contribution is 0.0999. The third kappa shape index (κ3) is 4.43. The molecule has 1 aliphatic rings. The summed E-state index contributed by atoms with van der Waals surface area (Å²) < 4.78 is 2.27. The quantitative estimate of drug-likeness (QED) is 0.396. The molecule has 0 bridgehead atoms. The Morgan fingerprint density at radius 2 is 1.59 bits per heavy atom. The minimum Gasteiger partial charge on any atom is -0.366 e. The van der Waals surface area contributed by atoms with Crippen molar-refractivity contribution in [1.29, 1.82) is 0 Å². The fraction of sp³-hybridized carbons (Fsp3) is 0.433. The maximum atomic E-state index is 12.3. The minimum atomic E-state index is -0.374. The van der Waals surface area contributed by atoms with Crippen LogP contribution in [0.2, 0.25) is 5.02 Å². The SMILES string of the molecule is CCc1cc2c(cc1-c1cc(C(N)=O)c(C)n1CCc1ccc(Cl)cc1)C(C)(C)CCC2(C)C.